The Kier molecular flexibility index (Phi) is 11.9. The number of hydrogen-bond donors (Lipinski definition) is 0. The van der Waals surface area contributed by atoms with Crippen LogP contribution in [0.1, 0.15) is 0 Å². The number of benzene rings is 15. The predicted molar refractivity (Wildman–Crippen MR) is 402 cm³/mol. The van der Waals surface area contributed by atoms with E-state index in [2.05, 4.69) is 358 Å². The van der Waals surface area contributed by atoms with Crippen molar-refractivity contribution in [3.05, 3.63) is 340 Å². The monoisotopic (exact) mass is 1220 g/mol. The highest BCUT2D eigenvalue weighted by Gasteiger charge is 2.23. The van der Waals surface area contributed by atoms with Crippen LogP contribution in [0, 0.1) is 0 Å². The Morgan fingerprint density at radius 1 is 0.188 bits per heavy atom. The van der Waals surface area contributed by atoms with E-state index in [0.29, 0.717) is 5.82 Å². The van der Waals surface area contributed by atoms with Crippen molar-refractivity contribution in [1.82, 2.24) is 28.2 Å². The van der Waals surface area contributed by atoms with E-state index in [-0.39, 0.29) is 0 Å². The molecule has 0 aliphatic heterocycles. The molecular weight excluding hydrogens is 1170 g/mol. The maximum absolute atomic E-state index is 5.80. The van der Waals surface area contributed by atoms with Crippen LogP contribution in [-0.4, -0.2) is 28.2 Å². The van der Waals surface area contributed by atoms with Gasteiger partial charge in [-0.3, -0.25) is 0 Å². The van der Waals surface area contributed by atoms with Crippen molar-refractivity contribution in [2.45, 2.75) is 0 Å². The molecule has 20 rings (SSSR count). The van der Waals surface area contributed by atoms with Crippen molar-refractivity contribution >= 4 is 109 Å². The second kappa shape index (κ2) is 21.3. The van der Waals surface area contributed by atoms with Gasteiger partial charge in [-0.25, -0.2) is 9.97 Å². The first-order valence-corrected chi connectivity index (χ1v) is 32.9. The topological polar surface area (TPSA) is 45.5 Å². The molecule has 0 saturated carbocycles. The van der Waals surface area contributed by atoms with Gasteiger partial charge in [0.25, 0.3) is 0 Å². The lowest BCUT2D eigenvalue weighted by Gasteiger charge is -2.17. The molecule has 446 valence electrons. The molecule has 0 radical (unpaired) electrons. The first kappa shape index (κ1) is 53.7. The van der Waals surface area contributed by atoms with Crippen LogP contribution in [0.25, 0.3) is 188 Å². The minimum atomic E-state index is 0.639. The molecule has 0 spiro atoms. The lowest BCUT2D eigenvalue weighted by molar-refractivity contribution is 1.13. The van der Waals surface area contributed by atoms with Crippen LogP contribution in [0.3, 0.4) is 0 Å². The van der Waals surface area contributed by atoms with Gasteiger partial charge in [-0.1, -0.05) is 212 Å². The Morgan fingerprint density at radius 3 is 1.00 bits per heavy atom. The normalized spacial score (nSPS) is 12.0. The molecule has 0 aliphatic carbocycles. The van der Waals surface area contributed by atoms with Crippen LogP contribution in [0.5, 0.6) is 0 Å². The molecule has 5 aromatic heterocycles. The third kappa shape index (κ3) is 8.39. The van der Waals surface area contributed by atoms with Gasteiger partial charge in [0.1, 0.15) is 0 Å². The Hall–Kier alpha value is -12.9. The van der Waals surface area contributed by atoms with E-state index in [1.807, 2.05) is 0 Å². The first-order chi connectivity index (χ1) is 47.6. The molecule has 0 aliphatic rings. The van der Waals surface area contributed by atoms with Crippen molar-refractivity contribution in [3.8, 4) is 78.8 Å². The number of para-hydroxylation sites is 6. The molecule has 6 nitrogen and oxygen atoms in total. The van der Waals surface area contributed by atoms with Gasteiger partial charge in [0.15, 0.2) is 5.82 Å². The van der Waals surface area contributed by atoms with Gasteiger partial charge in [-0.2, -0.15) is 0 Å². The lowest BCUT2D eigenvalue weighted by Crippen LogP contribution is -2.02. The Bertz CT molecular complexity index is 6270. The van der Waals surface area contributed by atoms with Gasteiger partial charge in [-0.15, -0.1) is 0 Å². The molecule has 0 amide bonds. The van der Waals surface area contributed by atoms with Crippen LogP contribution >= 0.6 is 0 Å². The molecule has 0 fully saturated rings. The Balaban J connectivity index is 0.806. The minimum absolute atomic E-state index is 0.639. The quantitative estimate of drug-likeness (QED) is 0.135. The average molecular weight is 1220 g/mol. The summed E-state index contributed by atoms with van der Waals surface area (Å²) < 4.78 is 9.67. The number of fused-ring (bicyclic) bond motifs is 15. The molecule has 0 atom stereocenters. The molecule has 5 heterocycles. The summed E-state index contributed by atoms with van der Waals surface area (Å²) in [6.45, 7) is 0. The van der Waals surface area contributed by atoms with Crippen LogP contribution < -0.4 is 0 Å². The Morgan fingerprint density at radius 2 is 0.542 bits per heavy atom. The molecular formula is C90H56N6. The van der Waals surface area contributed by atoms with Crippen LogP contribution in [0.2, 0.25) is 0 Å². The highest BCUT2D eigenvalue weighted by molar-refractivity contribution is 6.16. The first-order valence-electron chi connectivity index (χ1n) is 32.9. The fourth-order valence-electron chi connectivity index (χ4n) is 15.6. The predicted octanol–water partition coefficient (Wildman–Crippen LogP) is 23.5. The fraction of sp³-hybridized carbons (Fsp3) is 0. The molecule has 96 heavy (non-hydrogen) atoms. The van der Waals surface area contributed by atoms with Crippen molar-refractivity contribution in [1.29, 1.82) is 0 Å². The average Bonchev–Trinajstić information content (AvgIpc) is 1.53. The zero-order valence-electron chi connectivity index (χ0n) is 52.0. The Labute approximate surface area is 552 Å². The molecule has 6 heteroatoms. The highest BCUT2D eigenvalue weighted by atomic mass is 15.0. The lowest BCUT2D eigenvalue weighted by atomic mass is 9.97. The third-order valence-electron chi connectivity index (χ3n) is 19.9. The second-order valence-electron chi connectivity index (χ2n) is 25.3. The summed E-state index contributed by atoms with van der Waals surface area (Å²) in [5.74, 6) is 0.639. The van der Waals surface area contributed by atoms with Gasteiger partial charge < -0.3 is 18.3 Å². The number of rotatable bonds is 9. The SMILES string of the molecule is c1ccc(-c2cccc(-c3nc(-c4cc(-n5c6ccccc6c6cc(-c7ccc8c(c7)c7ccccc7n8-c7ccccc7)ccc65)cc(-n5c6ccccc6c6cc(-c7ccc8c(c7)c7ccccc7n8-c7ccccc7)ccc65)c4)nc4ccc5ccccc5c34)c2)cc1. The van der Waals surface area contributed by atoms with Crippen LogP contribution in [0.4, 0.5) is 0 Å². The van der Waals surface area contributed by atoms with Crippen molar-refractivity contribution in [2.75, 3.05) is 0 Å². The number of hydrogen-bond acceptors (Lipinski definition) is 2. The van der Waals surface area contributed by atoms with Gasteiger partial charge in [-0.05, 0) is 172 Å². The maximum atomic E-state index is 5.80. The van der Waals surface area contributed by atoms with E-state index in [4.69, 9.17) is 9.97 Å². The molecule has 15 aromatic carbocycles. The summed E-state index contributed by atoms with van der Waals surface area (Å²) in [5.41, 5.74) is 24.1. The van der Waals surface area contributed by atoms with Gasteiger partial charge in [0, 0.05) is 82.4 Å². The largest absolute Gasteiger partial charge is 0.309 e. The van der Waals surface area contributed by atoms with E-state index in [9.17, 15) is 0 Å². The summed E-state index contributed by atoms with van der Waals surface area (Å²) in [4.78, 5) is 11.4. The summed E-state index contributed by atoms with van der Waals surface area (Å²) in [6.07, 6.45) is 0. The van der Waals surface area contributed by atoms with Gasteiger partial charge >= 0.3 is 0 Å². The third-order valence-corrected chi connectivity index (χ3v) is 19.9. The highest BCUT2D eigenvalue weighted by Crippen LogP contribution is 2.44. The maximum Gasteiger partial charge on any atom is 0.160 e. The second-order valence-corrected chi connectivity index (χ2v) is 25.3. The smallest absolute Gasteiger partial charge is 0.160 e. The molecule has 0 unspecified atom stereocenters. The van der Waals surface area contributed by atoms with Gasteiger partial charge in [0.2, 0.25) is 0 Å². The van der Waals surface area contributed by atoms with Crippen molar-refractivity contribution in [2.24, 2.45) is 0 Å². The molecule has 20 aromatic rings. The number of aromatic nitrogens is 6. The zero-order chi connectivity index (χ0) is 63.0. The summed E-state index contributed by atoms with van der Waals surface area (Å²) in [6, 6.07) is 124. The summed E-state index contributed by atoms with van der Waals surface area (Å²) >= 11 is 0. The van der Waals surface area contributed by atoms with E-state index in [1.54, 1.807) is 0 Å². The van der Waals surface area contributed by atoms with Crippen molar-refractivity contribution in [3.63, 3.8) is 0 Å². The molecule has 0 N–H and O–H groups in total. The number of nitrogens with zero attached hydrogens (tertiary/aromatic N) is 6. The van der Waals surface area contributed by atoms with E-state index in [1.165, 1.54) is 76.3 Å². The minimum Gasteiger partial charge on any atom is -0.309 e. The van der Waals surface area contributed by atoms with Crippen LogP contribution in [-0.2, 0) is 0 Å². The summed E-state index contributed by atoms with van der Waals surface area (Å²) in [5, 5.41) is 12.9. The van der Waals surface area contributed by atoms with Crippen molar-refractivity contribution < 1.29 is 0 Å². The van der Waals surface area contributed by atoms with E-state index < -0.39 is 0 Å². The molecule has 0 saturated heterocycles. The van der Waals surface area contributed by atoms with E-state index >= 15 is 0 Å². The standard InChI is InChI=1S/C90H56N6/c1-4-21-57(22-5-1)59-24-20-25-64(49-59)89-88-70-30-11-10-23-58(70)39-44-79(88)91-90(92-89)65-50-68(95-82-37-18-14-33-73(82)77-54-62(42-47-86(77)95)60-40-45-84-75(52-60)71-31-12-16-35-80(71)93(84)66-26-6-2-7-27-66)56-69(51-65)96-83-38-19-15-34-74(83)78-55-63(43-48-87(78)96)61-41-46-85-76(53-61)72-32-13-17-36-81(72)94(85)67-28-8-3-9-29-67/h1-56H. The summed E-state index contributed by atoms with van der Waals surface area (Å²) in [7, 11) is 0. The van der Waals surface area contributed by atoms with Gasteiger partial charge in [0.05, 0.1) is 55.3 Å². The van der Waals surface area contributed by atoms with E-state index in [0.717, 1.165) is 106 Å². The zero-order valence-corrected chi connectivity index (χ0v) is 52.0. The molecule has 0 bridgehead atoms. The van der Waals surface area contributed by atoms with Crippen LogP contribution in [0.15, 0.2) is 340 Å². The fourth-order valence-corrected chi connectivity index (χ4v) is 15.6.